The maximum absolute atomic E-state index is 9.78. The van der Waals surface area contributed by atoms with Crippen LogP contribution in [0.15, 0.2) is 16.6 Å². The number of hydrogen-bond acceptors (Lipinski definition) is 4. The lowest BCUT2D eigenvalue weighted by Gasteiger charge is -2.13. The van der Waals surface area contributed by atoms with Crippen LogP contribution in [-0.2, 0) is 0 Å². The van der Waals surface area contributed by atoms with Crippen molar-refractivity contribution < 1.29 is 9.84 Å². The molecule has 3 N–H and O–H groups in total. The number of ether oxygens (including phenoxy) is 1. The van der Waals surface area contributed by atoms with Gasteiger partial charge in [-0.15, -0.1) is 0 Å². The summed E-state index contributed by atoms with van der Waals surface area (Å²) in [6.45, 7) is 0. The Morgan fingerprint density at radius 3 is 2.87 bits per heavy atom. The topological polar surface area (TPSA) is 79.3 Å². The summed E-state index contributed by atoms with van der Waals surface area (Å²) in [7, 11) is 1.46. The van der Waals surface area contributed by atoms with Gasteiger partial charge in [0.15, 0.2) is 11.5 Å². The van der Waals surface area contributed by atoms with E-state index in [-0.39, 0.29) is 12.2 Å². The number of nitriles is 1. The van der Waals surface area contributed by atoms with Gasteiger partial charge >= 0.3 is 0 Å². The number of methoxy groups -OCH3 is 1. The Morgan fingerprint density at radius 2 is 2.33 bits per heavy atom. The van der Waals surface area contributed by atoms with Crippen molar-refractivity contribution >= 4 is 15.9 Å². The molecule has 0 bridgehead atoms. The van der Waals surface area contributed by atoms with Crippen LogP contribution in [-0.4, -0.2) is 12.2 Å². The molecule has 1 aromatic carbocycles. The van der Waals surface area contributed by atoms with Crippen LogP contribution in [0.1, 0.15) is 18.0 Å². The second kappa shape index (κ2) is 5.01. The van der Waals surface area contributed by atoms with Crippen molar-refractivity contribution in [1.29, 1.82) is 5.26 Å². The molecule has 0 spiro atoms. The van der Waals surface area contributed by atoms with Crippen LogP contribution in [0.4, 0.5) is 0 Å². The van der Waals surface area contributed by atoms with Crippen LogP contribution in [0.5, 0.6) is 11.5 Å². The predicted octanol–water partition coefficient (Wildman–Crippen LogP) is 2.08. The van der Waals surface area contributed by atoms with Gasteiger partial charge in [0.05, 0.1) is 19.6 Å². The number of halogens is 1. The Bertz CT molecular complexity index is 401. The number of phenolic OH excluding ortho intramolecular Hbond substituents is 1. The minimum atomic E-state index is -0.513. The Hall–Kier alpha value is -1.25. The fourth-order valence-electron chi connectivity index (χ4n) is 1.24. The lowest BCUT2D eigenvalue weighted by atomic mass is 10.0. The number of nitrogens with zero attached hydrogens (tertiary/aromatic N) is 1. The van der Waals surface area contributed by atoms with Crippen molar-refractivity contribution in [3.63, 3.8) is 0 Å². The molecule has 0 aromatic heterocycles. The molecule has 0 radical (unpaired) electrons. The lowest BCUT2D eigenvalue weighted by molar-refractivity contribution is 0.368. The maximum atomic E-state index is 9.78. The number of nitrogens with two attached hydrogens (primary N) is 1. The van der Waals surface area contributed by atoms with Crippen molar-refractivity contribution in [2.75, 3.05) is 7.11 Å². The highest BCUT2D eigenvalue weighted by molar-refractivity contribution is 9.10. The van der Waals surface area contributed by atoms with E-state index in [0.717, 1.165) is 4.47 Å². The minimum Gasteiger partial charge on any atom is -0.504 e. The number of benzene rings is 1. The van der Waals surface area contributed by atoms with Crippen molar-refractivity contribution in [1.82, 2.24) is 0 Å². The van der Waals surface area contributed by atoms with Crippen molar-refractivity contribution in [3.05, 3.63) is 22.2 Å². The molecule has 0 saturated heterocycles. The van der Waals surface area contributed by atoms with Gasteiger partial charge in [0.25, 0.3) is 0 Å². The van der Waals surface area contributed by atoms with E-state index in [1.807, 2.05) is 6.07 Å². The fraction of sp³-hybridized carbons (Fsp3) is 0.300. The first-order chi connectivity index (χ1) is 7.10. The lowest BCUT2D eigenvalue weighted by Crippen LogP contribution is -2.09. The molecule has 0 aliphatic heterocycles. The van der Waals surface area contributed by atoms with Gasteiger partial charge in [-0.3, -0.25) is 0 Å². The van der Waals surface area contributed by atoms with Crippen LogP contribution < -0.4 is 10.5 Å². The molecule has 0 fully saturated rings. The largest absolute Gasteiger partial charge is 0.504 e. The van der Waals surface area contributed by atoms with Crippen molar-refractivity contribution in [3.8, 4) is 17.6 Å². The van der Waals surface area contributed by atoms with E-state index in [1.54, 1.807) is 12.1 Å². The SMILES string of the molecule is COc1cc(Br)cc([C@H](N)CC#N)c1O. The van der Waals surface area contributed by atoms with Crippen LogP contribution in [0.3, 0.4) is 0 Å². The number of hydrogen-bond donors (Lipinski definition) is 2. The average Bonchev–Trinajstić information content (AvgIpc) is 2.21. The van der Waals surface area contributed by atoms with E-state index < -0.39 is 6.04 Å². The highest BCUT2D eigenvalue weighted by Gasteiger charge is 2.15. The highest BCUT2D eigenvalue weighted by atomic mass is 79.9. The van der Waals surface area contributed by atoms with E-state index in [9.17, 15) is 5.11 Å². The second-order valence-electron chi connectivity index (χ2n) is 3.01. The molecule has 1 rings (SSSR count). The van der Waals surface area contributed by atoms with Gasteiger partial charge in [-0.25, -0.2) is 0 Å². The van der Waals surface area contributed by atoms with Crippen molar-refractivity contribution in [2.24, 2.45) is 5.73 Å². The normalized spacial score (nSPS) is 11.9. The van der Waals surface area contributed by atoms with Gasteiger partial charge in [0.1, 0.15) is 0 Å². The molecule has 0 amide bonds. The Morgan fingerprint density at radius 1 is 1.67 bits per heavy atom. The van der Waals surface area contributed by atoms with Crippen LogP contribution in [0.25, 0.3) is 0 Å². The molecule has 5 heteroatoms. The molecule has 4 nitrogen and oxygen atoms in total. The zero-order valence-electron chi connectivity index (χ0n) is 8.20. The zero-order chi connectivity index (χ0) is 11.4. The molecule has 0 unspecified atom stereocenters. The third-order valence-electron chi connectivity index (χ3n) is 2.00. The van der Waals surface area contributed by atoms with Gasteiger partial charge in [-0.05, 0) is 12.1 Å². The van der Waals surface area contributed by atoms with Gasteiger partial charge in [-0.1, -0.05) is 15.9 Å². The third kappa shape index (κ3) is 2.61. The Kier molecular flexibility index (Phi) is 3.95. The van der Waals surface area contributed by atoms with E-state index >= 15 is 0 Å². The van der Waals surface area contributed by atoms with E-state index in [4.69, 9.17) is 15.7 Å². The van der Waals surface area contributed by atoms with E-state index in [2.05, 4.69) is 15.9 Å². The molecular formula is C10H11BrN2O2. The van der Waals surface area contributed by atoms with Crippen molar-refractivity contribution in [2.45, 2.75) is 12.5 Å². The Balaban J connectivity index is 3.18. The number of phenols is 1. The van der Waals surface area contributed by atoms with E-state index in [1.165, 1.54) is 7.11 Å². The molecule has 15 heavy (non-hydrogen) atoms. The summed E-state index contributed by atoms with van der Waals surface area (Å²) >= 11 is 3.28. The zero-order valence-corrected chi connectivity index (χ0v) is 9.78. The molecule has 0 aliphatic carbocycles. The third-order valence-corrected chi connectivity index (χ3v) is 2.46. The molecular weight excluding hydrogens is 260 g/mol. The predicted molar refractivity (Wildman–Crippen MR) is 59.5 cm³/mol. The van der Waals surface area contributed by atoms with Gasteiger partial charge in [-0.2, -0.15) is 5.26 Å². The summed E-state index contributed by atoms with van der Waals surface area (Å²) in [4.78, 5) is 0. The standard InChI is InChI=1S/C10H11BrN2O2/c1-15-9-5-6(11)4-7(10(9)14)8(13)2-3-12/h4-5,8,14H,2,13H2,1H3/t8-/m1/s1. The van der Waals surface area contributed by atoms with Gasteiger partial charge in [0, 0.05) is 16.1 Å². The summed E-state index contributed by atoms with van der Waals surface area (Å²) in [5.74, 6) is 0.330. The Labute approximate surface area is 96.4 Å². The molecule has 1 aromatic rings. The van der Waals surface area contributed by atoms with E-state index in [0.29, 0.717) is 11.3 Å². The monoisotopic (exact) mass is 270 g/mol. The quantitative estimate of drug-likeness (QED) is 0.882. The van der Waals surface area contributed by atoms with Crippen LogP contribution in [0, 0.1) is 11.3 Å². The molecule has 80 valence electrons. The summed E-state index contributed by atoms with van der Waals surface area (Å²) in [5.41, 5.74) is 6.24. The number of aromatic hydroxyl groups is 1. The first kappa shape index (κ1) is 11.8. The van der Waals surface area contributed by atoms with Gasteiger partial charge in [0.2, 0.25) is 0 Å². The van der Waals surface area contributed by atoms with Gasteiger partial charge < -0.3 is 15.6 Å². The second-order valence-corrected chi connectivity index (χ2v) is 3.93. The summed E-state index contributed by atoms with van der Waals surface area (Å²) in [6.07, 6.45) is 0.146. The maximum Gasteiger partial charge on any atom is 0.162 e. The fourth-order valence-corrected chi connectivity index (χ4v) is 1.70. The number of rotatable bonds is 3. The molecule has 0 aliphatic rings. The van der Waals surface area contributed by atoms with Crippen LogP contribution >= 0.6 is 15.9 Å². The molecule has 0 heterocycles. The smallest absolute Gasteiger partial charge is 0.162 e. The summed E-state index contributed by atoms with van der Waals surface area (Å²) < 4.78 is 5.73. The molecule has 1 atom stereocenters. The molecule has 0 saturated carbocycles. The highest BCUT2D eigenvalue weighted by Crippen LogP contribution is 2.36. The summed E-state index contributed by atoms with van der Waals surface area (Å²) in [6, 6.07) is 4.76. The average molecular weight is 271 g/mol. The first-order valence-corrected chi connectivity index (χ1v) is 5.08. The summed E-state index contributed by atoms with van der Waals surface area (Å²) in [5, 5.41) is 18.3. The van der Waals surface area contributed by atoms with Crippen LogP contribution in [0.2, 0.25) is 0 Å². The minimum absolute atomic E-state index is 0.0107. The first-order valence-electron chi connectivity index (χ1n) is 4.29.